The number of hydrogen-bond acceptors (Lipinski definition) is 3. The van der Waals surface area contributed by atoms with Gasteiger partial charge in [-0.2, -0.15) is 5.10 Å². The van der Waals surface area contributed by atoms with Crippen molar-refractivity contribution in [2.45, 2.75) is 33.0 Å². The number of hydrogen-bond donors (Lipinski definition) is 1. The quantitative estimate of drug-likeness (QED) is 0.879. The van der Waals surface area contributed by atoms with Crippen LogP contribution >= 0.6 is 0 Å². The molecule has 0 spiro atoms. The fourth-order valence-electron chi connectivity index (χ4n) is 2.42. The molecule has 0 saturated heterocycles. The van der Waals surface area contributed by atoms with Gasteiger partial charge in [0.25, 0.3) is 0 Å². The summed E-state index contributed by atoms with van der Waals surface area (Å²) in [6, 6.07) is 8.76. The topological polar surface area (TPSA) is 39.1 Å². The van der Waals surface area contributed by atoms with Crippen LogP contribution in [0, 0.1) is 6.92 Å². The van der Waals surface area contributed by atoms with Crippen molar-refractivity contribution in [2.75, 3.05) is 7.11 Å². The summed E-state index contributed by atoms with van der Waals surface area (Å²) in [4.78, 5) is 0. The number of rotatable bonds is 6. The van der Waals surface area contributed by atoms with Gasteiger partial charge >= 0.3 is 0 Å². The Morgan fingerprint density at radius 2 is 2.10 bits per heavy atom. The van der Waals surface area contributed by atoms with Gasteiger partial charge in [0, 0.05) is 38.5 Å². The van der Waals surface area contributed by atoms with E-state index in [0.717, 1.165) is 12.2 Å². The maximum absolute atomic E-state index is 5.16. The zero-order chi connectivity index (χ0) is 14.5. The number of ether oxygens (including phenoxy) is 1. The second-order valence-electron chi connectivity index (χ2n) is 5.20. The lowest BCUT2D eigenvalue weighted by Crippen LogP contribution is -2.18. The minimum Gasteiger partial charge on any atom is -0.380 e. The first-order valence-corrected chi connectivity index (χ1v) is 6.90. The molecule has 108 valence electrons. The SMILES string of the molecule is COCc1cccc(CNC(C)c2cn(C)nc2C)c1. The van der Waals surface area contributed by atoms with E-state index in [0.29, 0.717) is 6.61 Å². The van der Waals surface area contributed by atoms with Crippen LogP contribution in [0.1, 0.15) is 35.3 Å². The molecule has 4 heteroatoms. The molecule has 1 unspecified atom stereocenters. The van der Waals surface area contributed by atoms with Gasteiger partial charge in [-0.05, 0) is 25.0 Å². The smallest absolute Gasteiger partial charge is 0.0713 e. The summed E-state index contributed by atoms with van der Waals surface area (Å²) >= 11 is 0. The number of benzene rings is 1. The van der Waals surface area contributed by atoms with Gasteiger partial charge in [0.2, 0.25) is 0 Å². The molecular formula is C16H23N3O. The van der Waals surface area contributed by atoms with Gasteiger partial charge in [0.1, 0.15) is 0 Å². The average molecular weight is 273 g/mol. The maximum Gasteiger partial charge on any atom is 0.0713 e. The highest BCUT2D eigenvalue weighted by atomic mass is 16.5. The van der Waals surface area contributed by atoms with Crippen LogP contribution in [-0.4, -0.2) is 16.9 Å². The Hall–Kier alpha value is -1.65. The Morgan fingerprint density at radius 1 is 1.35 bits per heavy atom. The summed E-state index contributed by atoms with van der Waals surface area (Å²) in [5.74, 6) is 0. The minimum atomic E-state index is 0.287. The average Bonchev–Trinajstić information content (AvgIpc) is 2.76. The van der Waals surface area contributed by atoms with E-state index in [1.165, 1.54) is 16.7 Å². The van der Waals surface area contributed by atoms with Crippen molar-refractivity contribution in [2.24, 2.45) is 7.05 Å². The van der Waals surface area contributed by atoms with Gasteiger partial charge in [-0.3, -0.25) is 4.68 Å². The molecule has 2 rings (SSSR count). The van der Waals surface area contributed by atoms with Crippen LogP contribution in [0.2, 0.25) is 0 Å². The molecule has 20 heavy (non-hydrogen) atoms. The van der Waals surface area contributed by atoms with Crippen molar-refractivity contribution in [1.29, 1.82) is 0 Å². The highest BCUT2D eigenvalue weighted by Crippen LogP contribution is 2.16. The highest BCUT2D eigenvalue weighted by molar-refractivity contribution is 5.24. The lowest BCUT2D eigenvalue weighted by molar-refractivity contribution is 0.185. The summed E-state index contributed by atoms with van der Waals surface area (Å²) in [7, 11) is 3.68. The van der Waals surface area contributed by atoms with E-state index >= 15 is 0 Å². The molecule has 1 aromatic carbocycles. The van der Waals surface area contributed by atoms with Crippen molar-refractivity contribution >= 4 is 0 Å². The van der Waals surface area contributed by atoms with Crippen LogP contribution in [0.25, 0.3) is 0 Å². The summed E-state index contributed by atoms with van der Waals surface area (Å²) < 4.78 is 7.03. The van der Waals surface area contributed by atoms with Crippen molar-refractivity contribution in [1.82, 2.24) is 15.1 Å². The largest absolute Gasteiger partial charge is 0.380 e. The van der Waals surface area contributed by atoms with Gasteiger partial charge in [0.15, 0.2) is 0 Å². The van der Waals surface area contributed by atoms with Crippen molar-refractivity contribution in [3.05, 3.63) is 52.8 Å². The third-order valence-corrected chi connectivity index (χ3v) is 3.43. The van der Waals surface area contributed by atoms with Gasteiger partial charge in [-0.15, -0.1) is 0 Å². The van der Waals surface area contributed by atoms with Crippen molar-refractivity contribution < 1.29 is 4.74 Å². The van der Waals surface area contributed by atoms with E-state index in [4.69, 9.17) is 4.74 Å². The predicted molar refractivity (Wildman–Crippen MR) is 80.4 cm³/mol. The molecule has 1 N–H and O–H groups in total. The Labute approximate surface area is 120 Å². The molecule has 4 nitrogen and oxygen atoms in total. The summed E-state index contributed by atoms with van der Waals surface area (Å²) in [6.07, 6.45) is 2.08. The van der Waals surface area contributed by atoms with E-state index in [2.05, 4.69) is 47.8 Å². The van der Waals surface area contributed by atoms with E-state index in [1.54, 1.807) is 7.11 Å². The first-order chi connectivity index (χ1) is 9.60. The summed E-state index contributed by atoms with van der Waals surface area (Å²) in [5, 5.41) is 7.93. The molecular weight excluding hydrogens is 250 g/mol. The van der Waals surface area contributed by atoms with Crippen LogP contribution in [0.5, 0.6) is 0 Å². The van der Waals surface area contributed by atoms with E-state index < -0.39 is 0 Å². The van der Waals surface area contributed by atoms with Crippen molar-refractivity contribution in [3.8, 4) is 0 Å². The molecule has 0 aliphatic heterocycles. The summed E-state index contributed by atoms with van der Waals surface area (Å²) in [5.41, 5.74) is 4.81. The number of nitrogens with one attached hydrogen (secondary N) is 1. The maximum atomic E-state index is 5.16. The molecule has 1 aromatic heterocycles. The molecule has 1 atom stereocenters. The Kier molecular flexibility index (Phi) is 4.93. The molecule has 0 amide bonds. The van der Waals surface area contributed by atoms with Crippen LogP contribution in [0.15, 0.2) is 30.5 Å². The normalized spacial score (nSPS) is 12.6. The molecule has 0 aliphatic rings. The Morgan fingerprint density at radius 3 is 2.75 bits per heavy atom. The molecule has 0 bridgehead atoms. The van der Waals surface area contributed by atoms with Crippen LogP contribution in [0.3, 0.4) is 0 Å². The van der Waals surface area contributed by atoms with Gasteiger partial charge < -0.3 is 10.1 Å². The minimum absolute atomic E-state index is 0.287. The molecule has 1 heterocycles. The number of aryl methyl sites for hydroxylation is 2. The van der Waals surface area contributed by atoms with Gasteiger partial charge in [-0.1, -0.05) is 24.3 Å². The lowest BCUT2D eigenvalue weighted by atomic mass is 10.1. The standard InChI is InChI=1S/C16H23N3O/c1-12(16-10-19(3)18-13(16)2)17-9-14-6-5-7-15(8-14)11-20-4/h5-8,10,12,17H,9,11H2,1-4H3. The molecule has 0 fully saturated rings. The van der Waals surface area contributed by atoms with Crippen LogP contribution in [-0.2, 0) is 24.9 Å². The Bertz CT molecular complexity index is 563. The summed E-state index contributed by atoms with van der Waals surface area (Å²) in [6.45, 7) is 5.72. The highest BCUT2D eigenvalue weighted by Gasteiger charge is 2.11. The van der Waals surface area contributed by atoms with Crippen LogP contribution in [0.4, 0.5) is 0 Å². The second kappa shape index (κ2) is 6.68. The second-order valence-corrected chi connectivity index (χ2v) is 5.20. The van der Waals surface area contributed by atoms with Crippen LogP contribution < -0.4 is 5.32 Å². The third kappa shape index (κ3) is 3.68. The first-order valence-electron chi connectivity index (χ1n) is 6.90. The number of aromatic nitrogens is 2. The van der Waals surface area contributed by atoms with Gasteiger partial charge in [0.05, 0.1) is 12.3 Å². The number of nitrogens with zero attached hydrogens (tertiary/aromatic N) is 2. The molecule has 2 aromatic rings. The molecule has 0 aliphatic carbocycles. The monoisotopic (exact) mass is 273 g/mol. The van der Waals surface area contributed by atoms with Crippen molar-refractivity contribution in [3.63, 3.8) is 0 Å². The molecule has 0 radical (unpaired) electrons. The first kappa shape index (κ1) is 14.8. The van der Waals surface area contributed by atoms with E-state index in [1.807, 2.05) is 18.7 Å². The van der Waals surface area contributed by atoms with E-state index in [-0.39, 0.29) is 6.04 Å². The zero-order valence-electron chi connectivity index (χ0n) is 12.7. The van der Waals surface area contributed by atoms with Gasteiger partial charge in [-0.25, -0.2) is 0 Å². The Balaban J connectivity index is 1.98. The fraction of sp³-hybridized carbons (Fsp3) is 0.438. The third-order valence-electron chi connectivity index (χ3n) is 3.43. The number of methoxy groups -OCH3 is 1. The zero-order valence-corrected chi connectivity index (χ0v) is 12.7. The fourth-order valence-corrected chi connectivity index (χ4v) is 2.42. The molecule has 0 saturated carbocycles. The lowest BCUT2D eigenvalue weighted by Gasteiger charge is -2.13. The van der Waals surface area contributed by atoms with E-state index in [9.17, 15) is 0 Å². The predicted octanol–water partition coefficient (Wildman–Crippen LogP) is 2.73.